The normalized spacial score (nSPS) is 10.5. The van der Waals surface area contributed by atoms with Crippen LogP contribution >= 0.6 is 0 Å². The van der Waals surface area contributed by atoms with E-state index in [1.165, 1.54) is 12.4 Å². The molecular formula is C21H25N5O2. The van der Waals surface area contributed by atoms with Gasteiger partial charge in [0.25, 0.3) is 5.91 Å². The van der Waals surface area contributed by atoms with Crippen molar-refractivity contribution in [3.63, 3.8) is 0 Å². The molecule has 0 unspecified atom stereocenters. The lowest BCUT2D eigenvalue weighted by atomic mass is 10.1. The van der Waals surface area contributed by atoms with Gasteiger partial charge in [-0.1, -0.05) is 0 Å². The van der Waals surface area contributed by atoms with E-state index in [2.05, 4.69) is 45.4 Å². The summed E-state index contributed by atoms with van der Waals surface area (Å²) in [6.45, 7) is 8.62. The fourth-order valence-corrected chi connectivity index (χ4v) is 2.89. The maximum absolute atomic E-state index is 12.5. The van der Waals surface area contributed by atoms with E-state index in [9.17, 15) is 4.79 Å². The zero-order chi connectivity index (χ0) is 19.9. The van der Waals surface area contributed by atoms with Crippen molar-refractivity contribution in [1.82, 2.24) is 9.97 Å². The number of carbonyl (C=O) groups excluding carboxylic acids is 1. The van der Waals surface area contributed by atoms with E-state index in [4.69, 9.17) is 4.42 Å². The Morgan fingerprint density at radius 2 is 1.96 bits per heavy atom. The summed E-state index contributed by atoms with van der Waals surface area (Å²) in [5, 5.41) is 6.00. The van der Waals surface area contributed by atoms with Crippen LogP contribution in [-0.2, 0) is 6.54 Å². The van der Waals surface area contributed by atoms with Crippen LogP contribution in [0.15, 0.2) is 53.4 Å². The molecule has 3 aromatic rings. The van der Waals surface area contributed by atoms with Gasteiger partial charge in [0.2, 0.25) is 0 Å². The lowest BCUT2D eigenvalue weighted by Crippen LogP contribution is -2.22. The number of nitrogens with zero attached hydrogens (tertiary/aromatic N) is 3. The van der Waals surface area contributed by atoms with E-state index in [0.717, 1.165) is 35.8 Å². The summed E-state index contributed by atoms with van der Waals surface area (Å²) in [5.41, 5.74) is 3.17. The molecule has 2 aromatic heterocycles. The lowest BCUT2D eigenvalue weighted by Gasteiger charge is -2.22. The third kappa shape index (κ3) is 4.68. The van der Waals surface area contributed by atoms with Gasteiger partial charge in [-0.3, -0.25) is 4.79 Å². The van der Waals surface area contributed by atoms with Crippen LogP contribution < -0.4 is 15.5 Å². The predicted octanol–water partition coefficient (Wildman–Crippen LogP) is 4.09. The molecule has 1 aromatic carbocycles. The molecule has 3 rings (SSSR count). The summed E-state index contributed by atoms with van der Waals surface area (Å²) in [7, 11) is 0. The minimum absolute atomic E-state index is 0.260. The van der Waals surface area contributed by atoms with Crippen molar-refractivity contribution in [2.45, 2.75) is 27.3 Å². The summed E-state index contributed by atoms with van der Waals surface area (Å²) in [6.07, 6.45) is 4.61. The van der Waals surface area contributed by atoms with Gasteiger partial charge < -0.3 is 20.0 Å². The summed E-state index contributed by atoms with van der Waals surface area (Å²) in [6, 6.07) is 9.72. The molecule has 0 saturated heterocycles. The highest BCUT2D eigenvalue weighted by molar-refractivity contribution is 6.03. The maximum atomic E-state index is 12.5. The van der Waals surface area contributed by atoms with Crippen LogP contribution in [0.25, 0.3) is 0 Å². The smallest absolute Gasteiger partial charge is 0.275 e. The first-order chi connectivity index (χ1) is 13.6. The Morgan fingerprint density at radius 1 is 1.14 bits per heavy atom. The van der Waals surface area contributed by atoms with Crippen molar-refractivity contribution in [3.8, 4) is 0 Å². The Kier molecular flexibility index (Phi) is 6.26. The van der Waals surface area contributed by atoms with Crippen LogP contribution in [0.4, 0.5) is 17.2 Å². The average molecular weight is 379 g/mol. The number of benzene rings is 1. The second-order valence-corrected chi connectivity index (χ2v) is 6.35. The summed E-state index contributed by atoms with van der Waals surface area (Å²) >= 11 is 0. The zero-order valence-corrected chi connectivity index (χ0v) is 16.4. The Morgan fingerprint density at radius 3 is 2.57 bits per heavy atom. The van der Waals surface area contributed by atoms with Crippen LogP contribution in [0.2, 0.25) is 0 Å². The molecule has 0 aliphatic carbocycles. The van der Waals surface area contributed by atoms with Crippen molar-refractivity contribution in [1.29, 1.82) is 0 Å². The van der Waals surface area contributed by atoms with Crippen LogP contribution in [0, 0.1) is 6.92 Å². The van der Waals surface area contributed by atoms with Crippen molar-refractivity contribution in [2.75, 3.05) is 28.6 Å². The van der Waals surface area contributed by atoms with Gasteiger partial charge >= 0.3 is 0 Å². The topological polar surface area (TPSA) is 83.3 Å². The van der Waals surface area contributed by atoms with Gasteiger partial charge in [0.15, 0.2) is 0 Å². The predicted molar refractivity (Wildman–Crippen MR) is 111 cm³/mol. The summed E-state index contributed by atoms with van der Waals surface area (Å²) in [4.78, 5) is 23.2. The molecule has 0 spiro atoms. The van der Waals surface area contributed by atoms with Crippen LogP contribution in [0.3, 0.4) is 0 Å². The largest absolute Gasteiger partial charge is 0.467 e. The number of anilines is 3. The van der Waals surface area contributed by atoms with E-state index in [1.54, 1.807) is 6.26 Å². The number of aromatic nitrogens is 2. The zero-order valence-electron chi connectivity index (χ0n) is 16.4. The molecular weight excluding hydrogens is 354 g/mol. The molecule has 0 radical (unpaired) electrons. The number of rotatable bonds is 8. The molecule has 0 saturated carbocycles. The molecule has 2 N–H and O–H groups in total. The molecule has 0 bridgehead atoms. The number of hydrogen-bond acceptors (Lipinski definition) is 6. The van der Waals surface area contributed by atoms with Crippen LogP contribution in [0.5, 0.6) is 0 Å². The lowest BCUT2D eigenvalue weighted by molar-refractivity contribution is 0.102. The van der Waals surface area contributed by atoms with Crippen molar-refractivity contribution < 1.29 is 9.21 Å². The molecule has 28 heavy (non-hydrogen) atoms. The monoisotopic (exact) mass is 379 g/mol. The second-order valence-electron chi connectivity index (χ2n) is 6.35. The van der Waals surface area contributed by atoms with Crippen LogP contribution in [0.1, 0.15) is 35.7 Å². The van der Waals surface area contributed by atoms with Crippen molar-refractivity contribution in [2.24, 2.45) is 0 Å². The number of furan rings is 1. The molecule has 146 valence electrons. The first kappa shape index (κ1) is 19.4. The number of nitrogens with one attached hydrogen (secondary N) is 2. The van der Waals surface area contributed by atoms with Gasteiger partial charge in [0, 0.05) is 24.5 Å². The highest BCUT2D eigenvalue weighted by atomic mass is 16.3. The Balaban J connectivity index is 1.62. The SMILES string of the molecule is CCN(CC)c1ccc(NC(=O)c2cnc(NCc3ccco3)cn2)c(C)c1. The Labute approximate surface area is 164 Å². The Hall–Kier alpha value is -3.35. The van der Waals surface area contributed by atoms with Crippen molar-refractivity contribution in [3.05, 3.63) is 66.0 Å². The highest BCUT2D eigenvalue weighted by Gasteiger charge is 2.11. The molecule has 0 atom stereocenters. The molecule has 0 aliphatic heterocycles. The average Bonchev–Trinajstić information content (AvgIpc) is 3.23. The minimum Gasteiger partial charge on any atom is -0.467 e. The maximum Gasteiger partial charge on any atom is 0.275 e. The van der Waals surface area contributed by atoms with Gasteiger partial charge in [0.1, 0.15) is 17.3 Å². The molecule has 0 fully saturated rings. The van der Waals surface area contributed by atoms with E-state index < -0.39 is 0 Å². The van der Waals surface area contributed by atoms with E-state index in [-0.39, 0.29) is 11.6 Å². The van der Waals surface area contributed by atoms with Gasteiger partial charge in [-0.2, -0.15) is 0 Å². The van der Waals surface area contributed by atoms with Gasteiger partial charge in [-0.15, -0.1) is 0 Å². The fraction of sp³-hybridized carbons (Fsp3) is 0.286. The standard InChI is InChI=1S/C21H25N5O2/c1-4-26(5-2)16-8-9-18(15(3)11-16)25-21(27)19-13-24-20(14-22-19)23-12-17-7-6-10-28-17/h6-11,13-14H,4-5,12H2,1-3H3,(H,23,24)(H,25,27). The Bertz CT molecular complexity index is 903. The van der Waals surface area contributed by atoms with E-state index >= 15 is 0 Å². The first-order valence-corrected chi connectivity index (χ1v) is 9.36. The quantitative estimate of drug-likeness (QED) is 0.613. The van der Waals surface area contributed by atoms with Crippen LogP contribution in [-0.4, -0.2) is 29.0 Å². The molecule has 7 nitrogen and oxygen atoms in total. The van der Waals surface area contributed by atoms with E-state index in [0.29, 0.717) is 12.4 Å². The number of aryl methyl sites for hydroxylation is 1. The number of hydrogen-bond donors (Lipinski definition) is 2. The van der Waals surface area contributed by atoms with Gasteiger partial charge in [-0.05, 0) is 56.7 Å². The van der Waals surface area contributed by atoms with Gasteiger partial charge in [0.05, 0.1) is 25.2 Å². The summed E-state index contributed by atoms with van der Waals surface area (Å²) in [5.74, 6) is 1.09. The molecule has 7 heteroatoms. The number of carbonyl (C=O) groups is 1. The minimum atomic E-state index is -0.288. The fourth-order valence-electron chi connectivity index (χ4n) is 2.89. The molecule has 0 aliphatic rings. The molecule has 2 heterocycles. The first-order valence-electron chi connectivity index (χ1n) is 9.36. The third-order valence-corrected chi connectivity index (χ3v) is 4.50. The van der Waals surface area contributed by atoms with E-state index in [1.807, 2.05) is 31.2 Å². The van der Waals surface area contributed by atoms with Gasteiger partial charge in [-0.25, -0.2) is 9.97 Å². The second kappa shape index (κ2) is 9.03. The summed E-state index contributed by atoms with van der Waals surface area (Å²) < 4.78 is 5.25. The molecule has 1 amide bonds. The highest BCUT2D eigenvalue weighted by Crippen LogP contribution is 2.23. The van der Waals surface area contributed by atoms with Crippen molar-refractivity contribution >= 4 is 23.1 Å². The number of amides is 1. The third-order valence-electron chi connectivity index (χ3n) is 4.50.